The Morgan fingerprint density at radius 1 is 0.973 bits per heavy atom. The van der Waals surface area contributed by atoms with Crippen molar-refractivity contribution in [2.75, 3.05) is 42.9 Å². The van der Waals surface area contributed by atoms with E-state index in [-0.39, 0.29) is 17.8 Å². The molecule has 1 aliphatic carbocycles. The van der Waals surface area contributed by atoms with Crippen LogP contribution in [0.1, 0.15) is 32.1 Å². The molecular weight excluding hydrogens is 528 g/mol. The Balaban J connectivity index is 1.12. The third kappa shape index (κ3) is 8.32. The van der Waals surface area contributed by atoms with Crippen LogP contribution < -0.4 is 20.3 Å². The highest BCUT2D eigenvalue weighted by atomic mass is 35.5. The zero-order chi connectivity index (χ0) is 26.4. The van der Waals surface area contributed by atoms with E-state index in [1.165, 1.54) is 24.3 Å². The Labute approximate surface area is 225 Å². The van der Waals surface area contributed by atoms with Gasteiger partial charge in [0, 0.05) is 37.9 Å². The van der Waals surface area contributed by atoms with Gasteiger partial charge in [0.2, 0.25) is 0 Å². The van der Waals surface area contributed by atoms with Crippen molar-refractivity contribution in [2.45, 2.75) is 44.5 Å². The van der Waals surface area contributed by atoms with Crippen LogP contribution in [0.4, 0.5) is 29.3 Å². The Morgan fingerprint density at radius 3 is 2.30 bits per heavy atom. The van der Waals surface area contributed by atoms with Crippen molar-refractivity contribution < 1.29 is 22.7 Å². The molecule has 0 aromatic heterocycles. The van der Waals surface area contributed by atoms with E-state index >= 15 is 0 Å². The van der Waals surface area contributed by atoms with Gasteiger partial charge >= 0.3 is 12.4 Å². The Hall–Kier alpha value is -2.36. The molecule has 1 saturated carbocycles. The molecule has 0 radical (unpaired) electrons. The Bertz CT molecular complexity index is 1040. The minimum atomic E-state index is -4.74. The van der Waals surface area contributed by atoms with Crippen LogP contribution >= 0.6 is 23.2 Å². The molecule has 6 nitrogen and oxygen atoms in total. The van der Waals surface area contributed by atoms with Gasteiger partial charge in [0.15, 0.2) is 0 Å². The van der Waals surface area contributed by atoms with Crippen LogP contribution in [0, 0.1) is 5.92 Å². The molecule has 1 aliphatic heterocycles. The lowest BCUT2D eigenvalue weighted by Gasteiger charge is -2.37. The molecule has 0 spiro atoms. The number of nitrogens with zero attached hydrogens (tertiary/aromatic N) is 2. The quantitative estimate of drug-likeness (QED) is 0.393. The molecule has 0 unspecified atom stereocenters. The van der Waals surface area contributed by atoms with Gasteiger partial charge in [-0.05, 0) is 81.0 Å². The van der Waals surface area contributed by atoms with E-state index in [1.807, 2.05) is 12.1 Å². The Kier molecular flexibility index (Phi) is 9.31. The van der Waals surface area contributed by atoms with Crippen LogP contribution in [0.3, 0.4) is 0 Å². The normalized spacial score (nSPS) is 20.9. The average molecular weight is 559 g/mol. The van der Waals surface area contributed by atoms with Gasteiger partial charge in [-0.2, -0.15) is 0 Å². The fraction of sp³-hybridized carbons (Fsp3) is 0.500. The number of hydrogen-bond acceptors (Lipinski definition) is 4. The first-order valence-corrected chi connectivity index (χ1v) is 13.3. The molecule has 2 aromatic carbocycles. The van der Waals surface area contributed by atoms with Gasteiger partial charge in [-0.15, -0.1) is 13.2 Å². The van der Waals surface area contributed by atoms with E-state index in [2.05, 4.69) is 25.2 Å². The molecule has 11 heteroatoms. The molecule has 1 saturated heterocycles. The molecular formula is C26H31Cl2F3N4O2. The third-order valence-electron chi connectivity index (χ3n) is 7.03. The standard InChI is InChI=1S/C26H31Cl2F3N4O2/c27-22-2-1-3-23(24(22)28)35-16-14-34(15-17-35)13-12-18-4-6-19(7-5-18)32-25(36)33-20-8-10-21(11-9-20)37-26(29,30)31/h1-3,8-11,18-19H,4-7,12-17H2,(H2,32,33,36). The number of rotatable bonds is 7. The van der Waals surface area contributed by atoms with Gasteiger partial charge in [0.1, 0.15) is 5.75 Å². The number of hydrogen-bond donors (Lipinski definition) is 2. The first kappa shape index (κ1) is 27.7. The number of halogens is 5. The summed E-state index contributed by atoms with van der Waals surface area (Å²) in [5, 5.41) is 6.84. The molecule has 2 amide bonds. The highest BCUT2D eigenvalue weighted by Crippen LogP contribution is 2.33. The molecule has 2 N–H and O–H groups in total. The first-order valence-electron chi connectivity index (χ1n) is 12.5. The molecule has 37 heavy (non-hydrogen) atoms. The van der Waals surface area contributed by atoms with Gasteiger partial charge < -0.3 is 20.3 Å². The lowest BCUT2D eigenvalue weighted by molar-refractivity contribution is -0.274. The fourth-order valence-corrected chi connectivity index (χ4v) is 5.42. The zero-order valence-electron chi connectivity index (χ0n) is 20.4. The number of anilines is 2. The summed E-state index contributed by atoms with van der Waals surface area (Å²) in [6.45, 7) is 4.88. The molecule has 2 aliphatic rings. The van der Waals surface area contributed by atoms with Crippen molar-refractivity contribution in [3.8, 4) is 5.75 Å². The van der Waals surface area contributed by atoms with Crippen LogP contribution in [0.25, 0.3) is 0 Å². The first-order chi connectivity index (χ1) is 17.7. The second-order valence-corrected chi connectivity index (χ2v) is 10.4. The van der Waals surface area contributed by atoms with E-state index in [0.717, 1.165) is 70.5 Å². The van der Waals surface area contributed by atoms with E-state index in [9.17, 15) is 18.0 Å². The van der Waals surface area contributed by atoms with E-state index < -0.39 is 6.36 Å². The summed E-state index contributed by atoms with van der Waals surface area (Å²) in [6, 6.07) is 10.6. The van der Waals surface area contributed by atoms with Crippen LogP contribution in [0.15, 0.2) is 42.5 Å². The number of urea groups is 1. The Morgan fingerprint density at radius 2 is 1.65 bits per heavy atom. The maximum atomic E-state index is 12.3. The van der Waals surface area contributed by atoms with Crippen LogP contribution in [-0.4, -0.2) is 56.1 Å². The predicted octanol–water partition coefficient (Wildman–Crippen LogP) is 6.78. The van der Waals surface area contributed by atoms with Gasteiger partial charge in [0.05, 0.1) is 15.7 Å². The van der Waals surface area contributed by atoms with Crippen molar-refractivity contribution in [2.24, 2.45) is 5.92 Å². The molecule has 1 heterocycles. The van der Waals surface area contributed by atoms with Gasteiger partial charge in [-0.25, -0.2) is 4.79 Å². The lowest BCUT2D eigenvalue weighted by Crippen LogP contribution is -2.47. The summed E-state index contributed by atoms with van der Waals surface area (Å²) in [5.41, 5.74) is 1.40. The highest BCUT2D eigenvalue weighted by Gasteiger charge is 2.31. The summed E-state index contributed by atoms with van der Waals surface area (Å²) in [6.07, 6.45) is 0.351. The second kappa shape index (κ2) is 12.5. The number of carbonyl (C=O) groups excluding carboxylic acids is 1. The zero-order valence-corrected chi connectivity index (χ0v) is 21.9. The smallest absolute Gasteiger partial charge is 0.406 e. The third-order valence-corrected chi connectivity index (χ3v) is 7.83. The molecule has 0 bridgehead atoms. The van der Waals surface area contributed by atoms with Crippen molar-refractivity contribution in [3.05, 3.63) is 52.5 Å². The number of nitrogens with one attached hydrogen (secondary N) is 2. The van der Waals surface area contributed by atoms with E-state index in [4.69, 9.17) is 23.2 Å². The second-order valence-electron chi connectivity index (χ2n) is 9.58. The summed E-state index contributed by atoms with van der Waals surface area (Å²) in [4.78, 5) is 17.1. The average Bonchev–Trinajstić information content (AvgIpc) is 2.86. The van der Waals surface area contributed by atoms with E-state index in [0.29, 0.717) is 21.7 Å². The SMILES string of the molecule is O=C(Nc1ccc(OC(F)(F)F)cc1)NC1CCC(CCN2CCN(c3cccc(Cl)c3Cl)CC2)CC1. The van der Waals surface area contributed by atoms with Gasteiger partial charge in [0.25, 0.3) is 0 Å². The summed E-state index contributed by atoms with van der Waals surface area (Å²) in [5.74, 6) is 0.312. The molecule has 4 rings (SSSR count). The number of carbonyl (C=O) groups is 1. The molecule has 2 aromatic rings. The monoisotopic (exact) mass is 558 g/mol. The number of piperazine rings is 1. The molecule has 2 fully saturated rings. The topological polar surface area (TPSA) is 56.8 Å². The van der Waals surface area contributed by atoms with Crippen molar-refractivity contribution in [1.82, 2.24) is 10.2 Å². The maximum absolute atomic E-state index is 12.3. The van der Waals surface area contributed by atoms with Crippen LogP contribution in [0.2, 0.25) is 10.0 Å². The largest absolute Gasteiger partial charge is 0.573 e. The maximum Gasteiger partial charge on any atom is 0.573 e. The summed E-state index contributed by atoms with van der Waals surface area (Å²) >= 11 is 12.5. The van der Waals surface area contributed by atoms with Crippen molar-refractivity contribution in [3.63, 3.8) is 0 Å². The number of amides is 2. The van der Waals surface area contributed by atoms with Gasteiger partial charge in [-0.3, -0.25) is 4.90 Å². The lowest BCUT2D eigenvalue weighted by atomic mass is 9.84. The van der Waals surface area contributed by atoms with E-state index in [1.54, 1.807) is 6.07 Å². The van der Waals surface area contributed by atoms with Gasteiger partial charge in [-0.1, -0.05) is 29.3 Å². The minimum absolute atomic E-state index is 0.0927. The number of benzene rings is 2. The fourth-order valence-electron chi connectivity index (χ4n) is 5.00. The molecule has 0 atom stereocenters. The summed E-state index contributed by atoms with van der Waals surface area (Å²) < 4.78 is 40.6. The van der Waals surface area contributed by atoms with Crippen molar-refractivity contribution in [1.29, 1.82) is 0 Å². The number of ether oxygens (including phenoxy) is 1. The predicted molar refractivity (Wildman–Crippen MR) is 141 cm³/mol. The van der Waals surface area contributed by atoms with Crippen LogP contribution in [0.5, 0.6) is 5.75 Å². The molecule has 202 valence electrons. The number of alkyl halides is 3. The summed E-state index contributed by atoms with van der Waals surface area (Å²) in [7, 11) is 0. The minimum Gasteiger partial charge on any atom is -0.406 e. The van der Waals surface area contributed by atoms with Crippen molar-refractivity contribution >= 4 is 40.6 Å². The highest BCUT2D eigenvalue weighted by molar-refractivity contribution is 6.43. The van der Waals surface area contributed by atoms with Crippen LogP contribution in [-0.2, 0) is 0 Å².